The molecule has 0 unspecified atom stereocenters. The summed E-state index contributed by atoms with van der Waals surface area (Å²) in [6.07, 6.45) is 0. The predicted molar refractivity (Wildman–Crippen MR) is 573 cm³/mol. The Morgan fingerprint density at radius 2 is 0.243 bits per heavy atom. The Kier molecular flexibility index (Phi) is 22.5. The number of hydrogen-bond acceptors (Lipinski definition) is 4. The molecule has 0 aliphatic carbocycles. The standard InChI is InChI=1S/2C66H45NO/c1-3-11-46(12-4-1)48-21-27-53(28-22-48)58-17-10-18-59(44-58)55-31-25-50(26-32-55)52-35-39-61(40-36-52)67(62-41-42-64-63-19-7-8-20-65(63)68-66(64)45-62)60-37-33-51(34-38-60)49-23-29-54(30-24-49)57-16-9-15-56(43-57)47-13-5-2-6-14-47;1-3-11-46(12-4-1)48-21-27-52(28-22-48)56-15-9-16-57(43-56)54-31-25-50(26-32-54)51-33-37-60(38-34-51)67(62-41-42-64-63-19-7-8-20-65(63)68-66(64)45-62)61-39-35-55(36-40-61)59-18-10-17-58(44-59)53-29-23-49(24-30-53)47-13-5-2-6-14-47/h2*1-45H. The Bertz CT molecular complexity index is 8330. The van der Waals surface area contributed by atoms with Gasteiger partial charge >= 0.3 is 0 Å². The van der Waals surface area contributed by atoms with Crippen LogP contribution in [0.4, 0.5) is 34.1 Å². The van der Waals surface area contributed by atoms with Crippen LogP contribution >= 0.6 is 0 Å². The van der Waals surface area contributed by atoms with Crippen molar-refractivity contribution in [3.63, 3.8) is 0 Å². The van der Waals surface area contributed by atoms with Crippen molar-refractivity contribution in [2.45, 2.75) is 0 Å². The van der Waals surface area contributed by atoms with E-state index in [1.54, 1.807) is 0 Å². The molecule has 0 amide bonds. The Hall–Kier alpha value is -18.0. The molecule has 0 spiro atoms. The van der Waals surface area contributed by atoms with Crippen molar-refractivity contribution in [1.29, 1.82) is 0 Å². The highest BCUT2D eigenvalue weighted by atomic mass is 16.3. The molecular weight excluding hydrogens is 1650 g/mol. The fourth-order valence-corrected chi connectivity index (χ4v) is 19.0. The van der Waals surface area contributed by atoms with Crippen molar-refractivity contribution in [3.05, 3.63) is 546 Å². The molecule has 24 aromatic rings. The van der Waals surface area contributed by atoms with E-state index in [1.807, 2.05) is 24.3 Å². The Balaban J connectivity index is 0.000000153. The fraction of sp³-hybridized carbons (Fsp3) is 0. The van der Waals surface area contributed by atoms with Crippen LogP contribution in [0, 0.1) is 0 Å². The minimum Gasteiger partial charge on any atom is -0.456 e. The first kappa shape index (κ1) is 82.5. The summed E-state index contributed by atoms with van der Waals surface area (Å²) in [4.78, 5) is 4.63. The third-order valence-corrected chi connectivity index (χ3v) is 26.3. The molecule has 640 valence electrons. The van der Waals surface area contributed by atoms with E-state index in [4.69, 9.17) is 8.83 Å². The second-order valence-corrected chi connectivity index (χ2v) is 34.7. The van der Waals surface area contributed by atoms with E-state index in [-0.39, 0.29) is 0 Å². The minimum atomic E-state index is 0.863. The van der Waals surface area contributed by atoms with Crippen LogP contribution in [0.25, 0.3) is 200 Å². The smallest absolute Gasteiger partial charge is 0.137 e. The molecule has 0 fully saturated rings. The molecule has 0 radical (unpaired) electrons. The summed E-state index contributed by atoms with van der Waals surface area (Å²) in [5.74, 6) is 0. The topological polar surface area (TPSA) is 32.8 Å². The summed E-state index contributed by atoms with van der Waals surface area (Å²) < 4.78 is 12.8. The number of para-hydroxylation sites is 2. The van der Waals surface area contributed by atoms with Crippen LogP contribution in [-0.2, 0) is 0 Å². The van der Waals surface area contributed by atoms with Gasteiger partial charge in [0.25, 0.3) is 0 Å². The molecule has 24 rings (SSSR count). The summed E-state index contributed by atoms with van der Waals surface area (Å²) in [6, 6.07) is 196. The third-order valence-electron chi connectivity index (χ3n) is 26.3. The zero-order valence-corrected chi connectivity index (χ0v) is 74.7. The average Bonchev–Trinajstić information content (AvgIpc) is 1.62. The number of rotatable bonds is 20. The van der Waals surface area contributed by atoms with Crippen LogP contribution in [0.5, 0.6) is 0 Å². The molecule has 0 bridgehead atoms. The lowest BCUT2D eigenvalue weighted by molar-refractivity contribution is 0.668. The normalized spacial score (nSPS) is 11.2. The second kappa shape index (κ2) is 37.1. The van der Waals surface area contributed by atoms with E-state index in [0.717, 1.165) is 100 Å². The van der Waals surface area contributed by atoms with Crippen LogP contribution < -0.4 is 9.80 Å². The third kappa shape index (κ3) is 17.3. The highest BCUT2D eigenvalue weighted by Crippen LogP contribution is 2.45. The number of hydrogen-bond donors (Lipinski definition) is 0. The van der Waals surface area contributed by atoms with E-state index >= 15 is 0 Å². The van der Waals surface area contributed by atoms with Gasteiger partial charge < -0.3 is 18.6 Å². The molecule has 0 saturated carbocycles. The maximum atomic E-state index is 6.41. The lowest BCUT2D eigenvalue weighted by Gasteiger charge is -2.26. The van der Waals surface area contributed by atoms with Gasteiger partial charge in [-0.1, -0.05) is 425 Å². The van der Waals surface area contributed by atoms with E-state index in [1.165, 1.54) is 134 Å². The van der Waals surface area contributed by atoms with Crippen molar-refractivity contribution < 1.29 is 8.83 Å². The second-order valence-electron chi connectivity index (χ2n) is 34.7. The molecule has 0 saturated heterocycles. The van der Waals surface area contributed by atoms with E-state index in [2.05, 4.69) is 532 Å². The number of anilines is 6. The van der Waals surface area contributed by atoms with Crippen molar-refractivity contribution in [2.75, 3.05) is 9.80 Å². The van der Waals surface area contributed by atoms with Gasteiger partial charge in [0, 0.05) is 67.8 Å². The van der Waals surface area contributed by atoms with Gasteiger partial charge in [-0.05, 0) is 265 Å². The van der Waals surface area contributed by atoms with Crippen LogP contribution in [0.15, 0.2) is 555 Å². The molecule has 2 aromatic heterocycles. The Morgan fingerprint density at radius 3 is 0.456 bits per heavy atom. The van der Waals surface area contributed by atoms with Gasteiger partial charge in [0.15, 0.2) is 0 Å². The van der Waals surface area contributed by atoms with E-state index < -0.39 is 0 Å². The highest BCUT2D eigenvalue weighted by molar-refractivity contribution is 6.08. The van der Waals surface area contributed by atoms with Gasteiger partial charge in [-0.3, -0.25) is 0 Å². The van der Waals surface area contributed by atoms with Gasteiger partial charge in [-0.15, -0.1) is 0 Å². The molecule has 22 aromatic carbocycles. The van der Waals surface area contributed by atoms with Crippen LogP contribution in [-0.4, -0.2) is 0 Å². The van der Waals surface area contributed by atoms with Crippen molar-refractivity contribution in [2.24, 2.45) is 0 Å². The molecule has 0 atom stereocenters. The average molecular weight is 1740 g/mol. The monoisotopic (exact) mass is 1730 g/mol. The van der Waals surface area contributed by atoms with E-state index in [0.29, 0.717) is 0 Å². The molecule has 4 nitrogen and oxygen atoms in total. The molecular formula is C132H90N2O2. The van der Waals surface area contributed by atoms with Gasteiger partial charge in [-0.2, -0.15) is 0 Å². The minimum absolute atomic E-state index is 0.863. The Labute approximate surface area is 792 Å². The highest BCUT2D eigenvalue weighted by Gasteiger charge is 2.21. The lowest BCUT2D eigenvalue weighted by atomic mass is 9.96. The maximum absolute atomic E-state index is 6.41. The summed E-state index contributed by atoms with van der Waals surface area (Å²) >= 11 is 0. The first-order valence-corrected chi connectivity index (χ1v) is 46.4. The lowest BCUT2D eigenvalue weighted by Crippen LogP contribution is -2.09. The molecule has 4 heteroatoms. The number of nitrogens with zero attached hydrogens (tertiary/aromatic N) is 2. The number of furan rings is 2. The van der Waals surface area contributed by atoms with Crippen molar-refractivity contribution >= 4 is 78.0 Å². The first-order chi connectivity index (χ1) is 67.3. The van der Waals surface area contributed by atoms with Gasteiger partial charge in [-0.25, -0.2) is 0 Å². The first-order valence-electron chi connectivity index (χ1n) is 46.4. The summed E-state index contributed by atoms with van der Waals surface area (Å²) in [5, 5.41) is 4.46. The molecule has 2 heterocycles. The zero-order valence-electron chi connectivity index (χ0n) is 74.7. The Morgan fingerprint density at radius 1 is 0.0956 bits per heavy atom. The van der Waals surface area contributed by atoms with Gasteiger partial charge in [0.2, 0.25) is 0 Å². The van der Waals surface area contributed by atoms with Crippen LogP contribution in [0.3, 0.4) is 0 Å². The van der Waals surface area contributed by atoms with Crippen LogP contribution in [0.1, 0.15) is 0 Å². The largest absolute Gasteiger partial charge is 0.456 e. The van der Waals surface area contributed by atoms with Crippen molar-refractivity contribution in [1.82, 2.24) is 0 Å². The SMILES string of the molecule is c1ccc(-c2ccc(-c3cccc(-c4ccc(-c5ccc(N(c6ccc(-c7ccc(-c8cccc(-c9ccccc9)c8)cc7)cc6)c6ccc7c(c6)oc6ccccc67)cc5)cc4)c3)cc2)cc1.c1ccc(-c2ccc(-c3cccc(-c4ccc(-c5ccc(N(c6ccc(-c7cccc(-c8ccc(-c9ccccc9)cc8)c7)cc6)c6ccc7c(c6)oc6ccccc67)cc5)cc4)c3)cc2)cc1. The van der Waals surface area contributed by atoms with Crippen molar-refractivity contribution in [3.8, 4) is 156 Å². The molecule has 0 aliphatic rings. The molecule has 0 N–H and O–H groups in total. The molecule has 0 aliphatic heterocycles. The summed E-state index contributed by atoms with van der Waals surface area (Å²) in [5.41, 5.74) is 43.3. The molecule has 136 heavy (non-hydrogen) atoms. The quantitative estimate of drug-likeness (QED) is 0.0761. The zero-order chi connectivity index (χ0) is 90.5. The summed E-state index contributed by atoms with van der Waals surface area (Å²) in [7, 11) is 0. The number of benzene rings is 22. The predicted octanol–water partition coefficient (Wildman–Crippen LogP) is 37.4. The summed E-state index contributed by atoms with van der Waals surface area (Å²) in [6.45, 7) is 0. The van der Waals surface area contributed by atoms with Crippen LogP contribution in [0.2, 0.25) is 0 Å². The number of fused-ring (bicyclic) bond motifs is 6. The fourth-order valence-electron chi connectivity index (χ4n) is 19.0. The van der Waals surface area contributed by atoms with Gasteiger partial charge in [0.1, 0.15) is 22.3 Å². The van der Waals surface area contributed by atoms with E-state index in [9.17, 15) is 0 Å². The van der Waals surface area contributed by atoms with Gasteiger partial charge in [0.05, 0.1) is 0 Å². The maximum Gasteiger partial charge on any atom is 0.137 e.